The van der Waals surface area contributed by atoms with Crippen molar-refractivity contribution in [3.8, 4) is 0 Å². The molecule has 782 valence electrons. The van der Waals surface area contributed by atoms with E-state index in [0.29, 0.717) is 140 Å². The molecule has 30 unspecified atom stereocenters. The number of ketones is 1. The van der Waals surface area contributed by atoms with Gasteiger partial charge in [0.15, 0.2) is 0 Å². The van der Waals surface area contributed by atoms with Gasteiger partial charge in [-0.05, 0) is 332 Å². The van der Waals surface area contributed by atoms with E-state index in [0.717, 1.165) is 179 Å². The van der Waals surface area contributed by atoms with Crippen LogP contribution in [0, 0.1) is 167 Å². The summed E-state index contributed by atoms with van der Waals surface area (Å²) in [6.45, 7) is 36.2. The van der Waals surface area contributed by atoms with Gasteiger partial charge in [-0.3, -0.25) is 57.5 Å². The summed E-state index contributed by atoms with van der Waals surface area (Å²) in [5, 5.41) is 0. The first-order chi connectivity index (χ1) is 58.0. The predicted molar refractivity (Wildman–Crippen MR) is 530 cm³/mol. The number of Topliss-reactive ketones (excluding diaryl/α,β-unsaturated/α-hetero) is 1. The van der Waals surface area contributed by atoms with Crippen molar-refractivity contribution < 1.29 is 110 Å². The minimum Gasteiger partial charge on any atom is -0.465 e. The molecule has 0 aromatic heterocycles. The Bertz CT molecular complexity index is 4080. The van der Waals surface area contributed by atoms with E-state index < -0.39 is 27.1 Å². The zero-order valence-corrected chi connectivity index (χ0v) is 77.3. The molecule has 5 heterocycles. The molecule has 20 rings (SSSR count). The topological polar surface area (TPSA) is 306 Å². The van der Waals surface area contributed by atoms with E-state index in [1.54, 1.807) is 0 Å². The number of carbonyl (C=O) groups is 12. The number of fused-ring (bicyclic) bond motifs is 27. The average Bonchev–Trinajstić information content (AvgIpc) is 1.51. The highest BCUT2D eigenvalue weighted by atomic mass is 16.6. The van der Waals surface area contributed by atoms with Gasteiger partial charge in [-0.15, -0.1) is 0 Å². The summed E-state index contributed by atoms with van der Waals surface area (Å²) in [5.41, 5.74) is -2.82. The average molecular weight is 1910 g/mol. The van der Waals surface area contributed by atoms with Crippen LogP contribution in [0.4, 0.5) is 0 Å². The second-order valence-electron chi connectivity index (χ2n) is 46.2. The number of hydrogen-bond donors (Lipinski definition) is 0. The summed E-state index contributed by atoms with van der Waals surface area (Å²) < 4.78 is 61.0. The van der Waals surface area contributed by atoms with Crippen molar-refractivity contribution in [2.45, 2.75) is 442 Å². The normalized spacial score (nSPS) is 38.3. The molecule has 30 atom stereocenters. The molecular weight excluding hydrogens is 1710 g/mol. The second kappa shape index (κ2) is 45.8. The summed E-state index contributed by atoms with van der Waals surface area (Å²) in [7, 11) is 0. The number of rotatable bonds is 18. The van der Waals surface area contributed by atoms with Crippen LogP contribution >= 0.6 is 0 Å². The van der Waals surface area contributed by atoms with Crippen LogP contribution in [0.2, 0.25) is 0 Å². The zero-order chi connectivity index (χ0) is 88.6. The van der Waals surface area contributed by atoms with Gasteiger partial charge in [0.1, 0.15) is 42.4 Å². The minimum atomic E-state index is -0.439. The highest BCUT2D eigenvalue weighted by molar-refractivity contribution is 5.85. The van der Waals surface area contributed by atoms with Crippen molar-refractivity contribution in [2.75, 3.05) is 33.0 Å². The Morgan fingerprint density at radius 1 is 0.348 bits per heavy atom. The summed E-state index contributed by atoms with van der Waals surface area (Å²) in [4.78, 5) is 145. The lowest BCUT2D eigenvalue weighted by atomic mass is 9.60. The Morgan fingerprint density at radius 3 is 1.16 bits per heavy atom. The first kappa shape index (κ1) is 123. The molecule has 23 heteroatoms. The van der Waals surface area contributed by atoms with Crippen LogP contribution in [-0.4, -0.2) is 141 Å². The SMILES string of the molecule is C.C.C.C.C.C.C.C.C.C.C.C.CCC(C)(C)C(=O)OC1CC2CC1C1(CCOC1=O)C2.CCC(C)(C)C(=O)OC1CC2CC1C1(COC(=O)C1)C2.CCC(C)(C)C(=O)OC1CC2CC1C1C2C2CC1C1(CCOC1=O)C2.CCC(C)(C)C(=O)OC1CC2CC1CC21CCOC1=O.CCC(C)(C)C(=O)OC1CC2CC1CC21COC(=O)C1.CCC(C)C(=O)OC1CC2CC1C1C(=O)CCC21. The Balaban J connectivity index is 0.000000411. The molecule has 20 aliphatic rings. The number of ether oxygens (including phenoxy) is 11. The lowest BCUT2D eigenvalue weighted by Gasteiger charge is -2.44. The van der Waals surface area contributed by atoms with Crippen molar-refractivity contribution in [3.05, 3.63) is 0 Å². The Kier molecular flexibility index (Phi) is 41.8. The van der Waals surface area contributed by atoms with Crippen LogP contribution in [0.1, 0.15) is 406 Å². The molecule has 0 aromatic rings. The summed E-state index contributed by atoms with van der Waals surface area (Å²) >= 11 is 0. The van der Waals surface area contributed by atoms with Crippen molar-refractivity contribution in [1.82, 2.24) is 0 Å². The van der Waals surface area contributed by atoms with E-state index in [1.165, 1.54) is 12.8 Å². The zero-order valence-electron chi connectivity index (χ0n) is 77.3. The van der Waals surface area contributed by atoms with Crippen molar-refractivity contribution >= 4 is 71.4 Å². The maximum Gasteiger partial charge on any atom is 0.312 e. The van der Waals surface area contributed by atoms with Crippen LogP contribution in [-0.2, 0) is 110 Å². The summed E-state index contributed by atoms with van der Waals surface area (Å²) in [6.07, 6.45) is 28.6. The molecule has 5 aliphatic heterocycles. The third-order valence-corrected chi connectivity index (χ3v) is 37.8. The van der Waals surface area contributed by atoms with Gasteiger partial charge in [0.2, 0.25) is 0 Å². The fourth-order valence-corrected chi connectivity index (χ4v) is 28.3. The Morgan fingerprint density at radius 2 is 0.741 bits per heavy atom. The molecule has 15 saturated carbocycles. The molecule has 5 saturated heterocycles. The summed E-state index contributed by atoms with van der Waals surface area (Å²) in [5.74, 6) is 8.54. The van der Waals surface area contributed by atoms with Gasteiger partial charge in [-0.2, -0.15) is 0 Å². The third kappa shape index (κ3) is 22.2. The largest absolute Gasteiger partial charge is 0.465 e. The first-order valence-corrected chi connectivity index (χ1v) is 48.6. The van der Waals surface area contributed by atoms with Crippen LogP contribution in [0.25, 0.3) is 0 Å². The van der Waals surface area contributed by atoms with Gasteiger partial charge in [0.05, 0.1) is 95.1 Å². The second-order valence-corrected chi connectivity index (χ2v) is 46.2. The van der Waals surface area contributed by atoms with Crippen molar-refractivity contribution in [2.24, 2.45) is 167 Å². The van der Waals surface area contributed by atoms with Crippen LogP contribution in [0.3, 0.4) is 0 Å². The first-order valence-electron chi connectivity index (χ1n) is 48.6. The maximum absolute atomic E-state index is 12.6. The van der Waals surface area contributed by atoms with E-state index in [-0.39, 0.29) is 236 Å². The molecule has 135 heavy (non-hydrogen) atoms. The fourth-order valence-electron chi connectivity index (χ4n) is 28.3. The van der Waals surface area contributed by atoms with Gasteiger partial charge in [0.25, 0.3) is 0 Å². The minimum absolute atomic E-state index is 0. The van der Waals surface area contributed by atoms with Gasteiger partial charge < -0.3 is 52.1 Å². The smallest absolute Gasteiger partial charge is 0.312 e. The van der Waals surface area contributed by atoms with Crippen LogP contribution in [0.15, 0.2) is 0 Å². The molecule has 0 N–H and O–H groups in total. The van der Waals surface area contributed by atoms with Crippen LogP contribution in [0.5, 0.6) is 0 Å². The molecule has 23 nitrogen and oxygen atoms in total. The molecule has 0 radical (unpaired) electrons. The third-order valence-electron chi connectivity index (χ3n) is 37.8. The highest BCUT2D eigenvalue weighted by Gasteiger charge is 2.73. The van der Waals surface area contributed by atoms with Crippen LogP contribution < -0.4 is 0 Å². The Hall–Kier alpha value is -6.16. The summed E-state index contributed by atoms with van der Waals surface area (Å²) in [6, 6.07) is 0. The number of cyclic esters (lactones) is 5. The van der Waals surface area contributed by atoms with Gasteiger partial charge >= 0.3 is 65.7 Å². The quantitative estimate of drug-likeness (QED) is 0.0699. The maximum atomic E-state index is 12.6. The highest BCUT2D eigenvalue weighted by Crippen LogP contribution is 2.74. The standard InChI is InChI=1S/C21H30O4.4C16H24O4.C15H22O3.12CH4/c1-4-20(2,3)18(22)25-15-9-11-7-13(15)17-14-8-12(16(11)17)10-21(14)5-6-24-19(21)23;1-4-15(2,3)14(18)20-12-6-11-5-10(12)7-16(11)8-13(17)19-9-16;1-4-15(2,3)14(18)20-12-6-10-5-11(12)16(7-10)8-13(17)19-9-16;1-4-15(2,3)13(17)20-12-8-11-7-10(12)9-16(11)5-6-19-14(16)18;1-4-15(2,3)13(17)20-12-8-10-7-11(12)16(9-10)5-6-19-14(16)18;1-3-8(2)15(17)18-13-7-9-6-11(13)14-10(9)4-5-12(14)16;;;;;;;;;;;;/h11-17H,4-10H2,1-3H3;4*10-12H,4-9H2,1-3H3;8-11,13-14H,3-7H2,1-2H3;12*1H4. The van der Waals surface area contributed by atoms with E-state index in [4.69, 9.17) is 52.1 Å². The molecular formula is C112H196O23. The molecule has 20 fully saturated rings. The lowest BCUT2D eigenvalue weighted by Crippen LogP contribution is -2.46. The van der Waals surface area contributed by atoms with E-state index in [2.05, 4.69) is 0 Å². The van der Waals surface area contributed by atoms with Gasteiger partial charge in [-0.1, -0.05) is 138 Å². The van der Waals surface area contributed by atoms with E-state index >= 15 is 0 Å². The number of hydrogen-bond acceptors (Lipinski definition) is 23. The molecule has 0 aromatic carbocycles. The van der Waals surface area contributed by atoms with Crippen molar-refractivity contribution in [3.63, 3.8) is 0 Å². The number of esters is 11. The predicted octanol–water partition coefficient (Wildman–Crippen LogP) is 24.6. The Labute approximate surface area is 818 Å². The monoisotopic (exact) mass is 1910 g/mol. The molecule has 15 aliphatic carbocycles. The fraction of sp³-hybridized carbons (Fsp3) is 0.893. The molecule has 5 spiro atoms. The van der Waals surface area contributed by atoms with Gasteiger partial charge in [0, 0.05) is 40.9 Å². The van der Waals surface area contributed by atoms with Crippen molar-refractivity contribution in [1.29, 1.82) is 0 Å². The van der Waals surface area contributed by atoms with E-state index in [1.807, 2.05) is 118 Å². The molecule has 0 amide bonds. The van der Waals surface area contributed by atoms with E-state index in [9.17, 15) is 57.5 Å². The lowest BCUT2D eigenvalue weighted by molar-refractivity contribution is -0.169. The molecule has 14 bridgehead atoms. The number of carbonyl (C=O) groups excluding carboxylic acids is 12. The van der Waals surface area contributed by atoms with Gasteiger partial charge in [-0.25, -0.2) is 0 Å².